The van der Waals surface area contributed by atoms with Crippen LogP contribution in [0.1, 0.15) is 46.3 Å². The zero-order chi connectivity index (χ0) is 17.7. The number of benzene rings is 1. The van der Waals surface area contributed by atoms with E-state index in [-0.39, 0.29) is 18.0 Å². The summed E-state index contributed by atoms with van der Waals surface area (Å²) >= 11 is 0. The van der Waals surface area contributed by atoms with Crippen molar-refractivity contribution in [2.75, 3.05) is 7.05 Å². The maximum atomic E-state index is 12.2. The Kier molecular flexibility index (Phi) is 5.79. The molecule has 2 rings (SSSR count). The molecule has 1 aromatic carbocycles. The van der Waals surface area contributed by atoms with Crippen LogP contribution in [0.25, 0.3) is 0 Å². The topological polar surface area (TPSA) is 70.8 Å². The number of hydrogen-bond donors (Lipinski definition) is 1. The van der Waals surface area contributed by atoms with Gasteiger partial charge in [0.1, 0.15) is 17.1 Å². The normalized spacial score (nSPS) is 10.6. The van der Waals surface area contributed by atoms with Gasteiger partial charge in [-0.2, -0.15) is 0 Å². The van der Waals surface area contributed by atoms with E-state index in [4.69, 9.17) is 9.52 Å². The van der Waals surface area contributed by atoms with Crippen LogP contribution in [0.3, 0.4) is 0 Å². The van der Waals surface area contributed by atoms with Gasteiger partial charge in [-0.25, -0.2) is 4.79 Å². The maximum absolute atomic E-state index is 12.2. The lowest BCUT2D eigenvalue weighted by atomic mass is 10.1. The van der Waals surface area contributed by atoms with Crippen LogP contribution in [0, 0.1) is 6.92 Å². The van der Waals surface area contributed by atoms with Crippen LogP contribution < -0.4 is 0 Å². The molecule has 0 fully saturated rings. The fourth-order valence-electron chi connectivity index (χ4n) is 2.54. The number of rotatable bonds is 7. The van der Waals surface area contributed by atoms with Gasteiger partial charge in [-0.1, -0.05) is 31.2 Å². The predicted molar refractivity (Wildman–Crippen MR) is 91.0 cm³/mol. The standard InChI is InChI=1S/C19H23NO4/c1-4-14-5-7-15(8-6-14)9-10-18(21)20(3)12-16-11-17(19(22)23)13(2)24-16/h5-8,11H,4,9-10,12H2,1-3H3,(H,22,23). The molecule has 1 heterocycles. The number of nitrogens with zero attached hydrogens (tertiary/aromatic N) is 1. The first-order valence-electron chi connectivity index (χ1n) is 8.05. The summed E-state index contributed by atoms with van der Waals surface area (Å²) in [5.74, 6) is -0.185. The average Bonchev–Trinajstić information content (AvgIpc) is 2.93. The van der Waals surface area contributed by atoms with Crippen molar-refractivity contribution in [1.29, 1.82) is 0 Å². The molecule has 0 saturated carbocycles. The molecule has 0 atom stereocenters. The fraction of sp³-hybridized carbons (Fsp3) is 0.368. The molecule has 0 aliphatic carbocycles. The summed E-state index contributed by atoms with van der Waals surface area (Å²) in [7, 11) is 1.70. The molecule has 5 nitrogen and oxygen atoms in total. The summed E-state index contributed by atoms with van der Waals surface area (Å²) < 4.78 is 5.41. The van der Waals surface area contributed by atoms with E-state index in [0.29, 0.717) is 24.4 Å². The first-order valence-corrected chi connectivity index (χ1v) is 8.05. The second kappa shape index (κ2) is 7.81. The minimum absolute atomic E-state index is 0.000459. The molecule has 0 radical (unpaired) electrons. The van der Waals surface area contributed by atoms with E-state index >= 15 is 0 Å². The van der Waals surface area contributed by atoms with E-state index in [1.807, 2.05) is 0 Å². The van der Waals surface area contributed by atoms with E-state index in [1.54, 1.807) is 18.9 Å². The van der Waals surface area contributed by atoms with Crippen molar-refractivity contribution < 1.29 is 19.1 Å². The van der Waals surface area contributed by atoms with Gasteiger partial charge < -0.3 is 14.4 Å². The zero-order valence-corrected chi connectivity index (χ0v) is 14.3. The number of carbonyl (C=O) groups is 2. The zero-order valence-electron chi connectivity index (χ0n) is 14.3. The van der Waals surface area contributed by atoms with Crippen molar-refractivity contribution in [2.45, 2.75) is 39.7 Å². The van der Waals surface area contributed by atoms with Crippen LogP contribution in [0.4, 0.5) is 0 Å². The molecule has 1 amide bonds. The monoisotopic (exact) mass is 329 g/mol. The van der Waals surface area contributed by atoms with Crippen LogP contribution in [0.2, 0.25) is 0 Å². The first kappa shape index (κ1) is 17.8. The third kappa shape index (κ3) is 4.47. The number of aryl methyl sites for hydroxylation is 3. The lowest BCUT2D eigenvalue weighted by molar-refractivity contribution is -0.130. The summed E-state index contributed by atoms with van der Waals surface area (Å²) in [6, 6.07) is 9.76. The number of carboxylic acids is 1. The Bertz CT molecular complexity index is 715. The Morgan fingerprint density at radius 1 is 1.17 bits per heavy atom. The molecule has 1 aromatic heterocycles. The van der Waals surface area contributed by atoms with E-state index in [9.17, 15) is 9.59 Å². The van der Waals surface area contributed by atoms with Crippen LogP contribution >= 0.6 is 0 Å². The van der Waals surface area contributed by atoms with Gasteiger partial charge in [-0.15, -0.1) is 0 Å². The van der Waals surface area contributed by atoms with Crippen molar-refractivity contribution in [1.82, 2.24) is 4.90 Å². The largest absolute Gasteiger partial charge is 0.478 e. The summed E-state index contributed by atoms with van der Waals surface area (Å²) in [5.41, 5.74) is 2.56. The minimum atomic E-state index is -1.02. The third-order valence-corrected chi connectivity index (χ3v) is 4.08. The molecule has 0 unspecified atom stereocenters. The van der Waals surface area contributed by atoms with E-state index in [2.05, 4.69) is 31.2 Å². The Morgan fingerprint density at radius 3 is 2.33 bits per heavy atom. The van der Waals surface area contributed by atoms with Crippen LogP contribution in [0.5, 0.6) is 0 Å². The predicted octanol–water partition coefficient (Wildman–Crippen LogP) is 3.44. The molecule has 0 aliphatic heterocycles. The smallest absolute Gasteiger partial charge is 0.339 e. The fourth-order valence-corrected chi connectivity index (χ4v) is 2.54. The van der Waals surface area contributed by atoms with E-state index in [0.717, 1.165) is 12.0 Å². The quantitative estimate of drug-likeness (QED) is 0.844. The SMILES string of the molecule is CCc1ccc(CCC(=O)N(C)Cc2cc(C(=O)O)c(C)o2)cc1. The van der Waals surface area contributed by atoms with Gasteiger partial charge in [0.15, 0.2) is 0 Å². The van der Waals surface area contributed by atoms with Gasteiger partial charge in [0, 0.05) is 13.5 Å². The Labute approximate surface area is 141 Å². The van der Waals surface area contributed by atoms with Crippen molar-refractivity contribution in [3.63, 3.8) is 0 Å². The number of amides is 1. The molecule has 5 heteroatoms. The highest BCUT2D eigenvalue weighted by atomic mass is 16.4. The Balaban J connectivity index is 1.89. The van der Waals surface area contributed by atoms with Crippen molar-refractivity contribution in [3.05, 3.63) is 58.5 Å². The molecule has 24 heavy (non-hydrogen) atoms. The number of aromatic carboxylic acids is 1. The summed E-state index contributed by atoms with van der Waals surface area (Å²) in [6.45, 7) is 3.98. The summed E-state index contributed by atoms with van der Waals surface area (Å²) in [5, 5.41) is 9.03. The highest BCUT2D eigenvalue weighted by Gasteiger charge is 2.16. The maximum Gasteiger partial charge on any atom is 0.339 e. The van der Waals surface area contributed by atoms with Gasteiger partial charge in [0.25, 0.3) is 0 Å². The third-order valence-electron chi connectivity index (χ3n) is 4.08. The number of hydrogen-bond acceptors (Lipinski definition) is 3. The van der Waals surface area contributed by atoms with E-state index < -0.39 is 5.97 Å². The van der Waals surface area contributed by atoms with Crippen molar-refractivity contribution in [2.24, 2.45) is 0 Å². The van der Waals surface area contributed by atoms with Gasteiger partial charge in [0.2, 0.25) is 5.91 Å². The average molecular weight is 329 g/mol. The number of carbonyl (C=O) groups excluding carboxylic acids is 1. The number of carboxylic acid groups (broad SMARTS) is 1. The molecule has 0 spiro atoms. The van der Waals surface area contributed by atoms with Gasteiger partial charge >= 0.3 is 5.97 Å². The molecular formula is C19H23NO4. The lowest BCUT2D eigenvalue weighted by Crippen LogP contribution is -2.26. The minimum Gasteiger partial charge on any atom is -0.478 e. The molecule has 0 aliphatic rings. The Hall–Kier alpha value is -2.56. The first-order chi connectivity index (χ1) is 11.4. The second-order valence-electron chi connectivity index (χ2n) is 5.91. The highest BCUT2D eigenvalue weighted by Crippen LogP contribution is 2.16. The molecule has 1 N–H and O–H groups in total. The lowest BCUT2D eigenvalue weighted by Gasteiger charge is -2.15. The van der Waals surface area contributed by atoms with Crippen LogP contribution in [0.15, 0.2) is 34.7 Å². The van der Waals surface area contributed by atoms with Gasteiger partial charge in [-0.05, 0) is 37.0 Å². The van der Waals surface area contributed by atoms with Crippen LogP contribution in [-0.4, -0.2) is 28.9 Å². The second-order valence-corrected chi connectivity index (χ2v) is 5.91. The van der Waals surface area contributed by atoms with Crippen LogP contribution in [-0.2, 0) is 24.2 Å². The molecule has 0 saturated heterocycles. The molecule has 2 aromatic rings. The van der Waals surface area contributed by atoms with Crippen molar-refractivity contribution >= 4 is 11.9 Å². The molecule has 0 bridgehead atoms. The van der Waals surface area contributed by atoms with Gasteiger partial charge in [-0.3, -0.25) is 4.79 Å². The summed E-state index contributed by atoms with van der Waals surface area (Å²) in [4.78, 5) is 24.8. The molecular weight excluding hydrogens is 306 g/mol. The van der Waals surface area contributed by atoms with E-state index in [1.165, 1.54) is 11.6 Å². The summed E-state index contributed by atoms with van der Waals surface area (Å²) in [6.07, 6.45) is 2.10. The highest BCUT2D eigenvalue weighted by molar-refractivity contribution is 5.88. The van der Waals surface area contributed by atoms with Gasteiger partial charge in [0.05, 0.1) is 6.54 Å². The molecule has 128 valence electrons. The van der Waals surface area contributed by atoms with Crippen molar-refractivity contribution in [3.8, 4) is 0 Å². The number of furan rings is 1. The Morgan fingerprint density at radius 2 is 1.79 bits per heavy atom.